The molecule has 0 amide bonds. The van der Waals surface area contributed by atoms with Crippen molar-refractivity contribution in [2.45, 2.75) is 13.8 Å². The standard InChI is InChI=1S/2C12H9N2S.Ir/c2*1-9-8-15-12-13-11(7-14(9)12)10-5-3-2-4-6-10;/h2*2-5,7-8H,1H3;/q2*-1;. The molecule has 0 saturated carbocycles. The molecule has 0 unspecified atom stereocenters. The molecule has 0 aliphatic carbocycles. The summed E-state index contributed by atoms with van der Waals surface area (Å²) in [5.41, 5.74) is 6.53. The maximum Gasteiger partial charge on any atom is 0.184 e. The van der Waals surface area contributed by atoms with E-state index in [4.69, 9.17) is 0 Å². The molecule has 31 heavy (non-hydrogen) atoms. The fraction of sp³-hybridized carbons (Fsp3) is 0.0833. The van der Waals surface area contributed by atoms with E-state index in [0.29, 0.717) is 0 Å². The van der Waals surface area contributed by atoms with Crippen LogP contribution >= 0.6 is 22.7 Å². The summed E-state index contributed by atoms with van der Waals surface area (Å²) < 4.78 is 4.22. The first kappa shape index (κ1) is 21.7. The van der Waals surface area contributed by atoms with Gasteiger partial charge in [0.2, 0.25) is 0 Å². The van der Waals surface area contributed by atoms with Crippen molar-refractivity contribution in [2.24, 2.45) is 0 Å². The molecule has 0 atom stereocenters. The molecule has 6 aromatic rings. The summed E-state index contributed by atoms with van der Waals surface area (Å²) in [4.78, 5) is 11.2. The van der Waals surface area contributed by atoms with Crippen LogP contribution in [0, 0.1) is 26.0 Å². The monoisotopic (exact) mass is 619 g/mol. The maximum atomic E-state index is 4.55. The third kappa shape index (κ3) is 4.41. The number of fused-ring (bicyclic) bond motifs is 2. The van der Waals surface area contributed by atoms with Crippen molar-refractivity contribution in [1.29, 1.82) is 0 Å². The molecule has 0 N–H and O–H groups in total. The number of hydrogen-bond acceptors (Lipinski definition) is 4. The van der Waals surface area contributed by atoms with Gasteiger partial charge in [0.15, 0.2) is 9.92 Å². The van der Waals surface area contributed by atoms with Gasteiger partial charge in [-0.2, -0.15) is 0 Å². The second-order valence-electron chi connectivity index (χ2n) is 6.86. The van der Waals surface area contributed by atoms with E-state index in [2.05, 4.69) is 67.9 Å². The molecule has 1 radical (unpaired) electrons. The molecule has 4 heterocycles. The molecule has 7 heteroatoms. The summed E-state index contributed by atoms with van der Waals surface area (Å²) in [7, 11) is 0. The van der Waals surface area contributed by atoms with Gasteiger partial charge in [0.05, 0.1) is 0 Å². The fourth-order valence-corrected chi connectivity index (χ4v) is 4.85. The largest absolute Gasteiger partial charge is 0.304 e. The molecule has 0 spiro atoms. The molecule has 2 aromatic carbocycles. The molecule has 0 aliphatic heterocycles. The van der Waals surface area contributed by atoms with Crippen molar-refractivity contribution >= 4 is 32.6 Å². The molecule has 0 bridgehead atoms. The van der Waals surface area contributed by atoms with Crippen molar-refractivity contribution < 1.29 is 20.1 Å². The number of benzene rings is 2. The summed E-state index contributed by atoms with van der Waals surface area (Å²) in [5, 5.41) is 4.22. The molecule has 0 fully saturated rings. The van der Waals surface area contributed by atoms with Gasteiger partial charge in [-0.05, 0) is 26.2 Å². The number of aromatic nitrogens is 4. The zero-order chi connectivity index (χ0) is 20.5. The Morgan fingerprint density at radius 2 is 1.16 bits per heavy atom. The van der Waals surface area contributed by atoms with Crippen LogP contribution < -0.4 is 0 Å². The minimum Gasteiger partial charge on any atom is -0.304 e. The first-order valence-corrected chi connectivity index (χ1v) is 11.3. The number of nitrogens with zero attached hydrogens (tertiary/aromatic N) is 4. The van der Waals surface area contributed by atoms with E-state index in [-0.39, 0.29) is 20.1 Å². The van der Waals surface area contributed by atoms with Crippen LogP contribution in [0.2, 0.25) is 0 Å². The average molecular weight is 619 g/mol. The van der Waals surface area contributed by atoms with Gasteiger partial charge in [-0.1, -0.05) is 0 Å². The number of aryl methyl sites for hydroxylation is 2. The predicted molar refractivity (Wildman–Crippen MR) is 124 cm³/mol. The van der Waals surface area contributed by atoms with Crippen LogP contribution in [0.4, 0.5) is 0 Å². The number of thiazole rings is 2. The van der Waals surface area contributed by atoms with Crippen LogP contribution in [-0.4, -0.2) is 18.8 Å². The summed E-state index contributed by atoms with van der Waals surface area (Å²) in [5.74, 6) is 0. The molecule has 0 saturated heterocycles. The van der Waals surface area contributed by atoms with Gasteiger partial charge >= 0.3 is 0 Å². The summed E-state index contributed by atoms with van der Waals surface area (Å²) in [6.07, 6.45) is 4.12. The topological polar surface area (TPSA) is 34.6 Å². The second kappa shape index (κ2) is 9.28. The fourth-order valence-electron chi connectivity index (χ4n) is 3.15. The third-order valence-electron chi connectivity index (χ3n) is 4.75. The van der Waals surface area contributed by atoms with E-state index in [1.54, 1.807) is 22.7 Å². The Morgan fingerprint density at radius 3 is 1.52 bits per heavy atom. The molecule has 6 rings (SSSR count). The molecular weight excluding hydrogens is 601 g/mol. The quantitative estimate of drug-likeness (QED) is 0.212. The Bertz CT molecular complexity index is 1300. The van der Waals surface area contributed by atoms with Gasteiger partial charge < -0.3 is 8.80 Å². The van der Waals surface area contributed by atoms with Gasteiger partial charge in [-0.15, -0.1) is 94.5 Å². The van der Waals surface area contributed by atoms with Crippen molar-refractivity contribution in [2.75, 3.05) is 0 Å². The zero-order valence-corrected chi connectivity index (χ0v) is 20.9. The van der Waals surface area contributed by atoms with Gasteiger partial charge in [0.1, 0.15) is 0 Å². The van der Waals surface area contributed by atoms with Crippen molar-refractivity contribution in [3.63, 3.8) is 0 Å². The summed E-state index contributed by atoms with van der Waals surface area (Å²) in [6.45, 7) is 4.17. The number of hydrogen-bond donors (Lipinski definition) is 0. The van der Waals surface area contributed by atoms with Crippen molar-refractivity contribution in [3.8, 4) is 22.5 Å². The first-order chi connectivity index (χ1) is 14.7. The predicted octanol–water partition coefficient (Wildman–Crippen LogP) is 6.34. The van der Waals surface area contributed by atoms with Gasteiger partial charge in [-0.3, -0.25) is 9.97 Å². The summed E-state index contributed by atoms with van der Waals surface area (Å²) >= 11 is 3.33. The van der Waals surface area contributed by atoms with Crippen LogP contribution in [-0.2, 0) is 20.1 Å². The Kier molecular flexibility index (Phi) is 6.48. The summed E-state index contributed by atoms with van der Waals surface area (Å²) in [6, 6.07) is 22.2. The molecule has 0 aliphatic rings. The normalized spacial score (nSPS) is 10.6. The van der Waals surface area contributed by atoms with E-state index in [1.165, 1.54) is 11.4 Å². The first-order valence-electron chi connectivity index (χ1n) is 9.49. The number of imidazole rings is 2. The van der Waals surface area contributed by atoms with Crippen LogP contribution in [0.5, 0.6) is 0 Å². The minimum atomic E-state index is 0. The average Bonchev–Trinajstić information content (AvgIpc) is 3.55. The Hall–Kier alpha value is -2.57. The third-order valence-corrected chi connectivity index (χ3v) is 6.66. The van der Waals surface area contributed by atoms with E-state index in [0.717, 1.165) is 32.4 Å². The Balaban J connectivity index is 0.000000144. The van der Waals surface area contributed by atoms with Crippen LogP contribution in [0.1, 0.15) is 11.4 Å². The second-order valence-corrected chi connectivity index (χ2v) is 8.54. The maximum absolute atomic E-state index is 4.55. The number of rotatable bonds is 2. The van der Waals surface area contributed by atoms with E-state index >= 15 is 0 Å². The SMILES string of the molecule is Cc1csc2nc(-c3[c-]cccc3)cn12.Cc1csc2nc(-c3[c-]cccc3)cn12.[Ir]. The van der Waals surface area contributed by atoms with E-state index in [1.807, 2.05) is 48.5 Å². The Labute approximate surface area is 202 Å². The smallest absolute Gasteiger partial charge is 0.184 e. The molecule has 157 valence electrons. The van der Waals surface area contributed by atoms with Crippen molar-refractivity contribution in [1.82, 2.24) is 18.8 Å². The van der Waals surface area contributed by atoms with Crippen molar-refractivity contribution in [3.05, 3.63) is 95.2 Å². The van der Waals surface area contributed by atoms with Crippen LogP contribution in [0.25, 0.3) is 32.4 Å². The molecular formula is C24H18IrN4S2-2. The minimum absolute atomic E-state index is 0. The van der Waals surface area contributed by atoms with Crippen LogP contribution in [0.15, 0.2) is 71.7 Å². The van der Waals surface area contributed by atoms with Gasteiger partial charge in [-0.25, -0.2) is 0 Å². The molecule has 4 nitrogen and oxygen atoms in total. The molecule has 4 aromatic heterocycles. The Morgan fingerprint density at radius 1 is 0.710 bits per heavy atom. The van der Waals surface area contributed by atoms with Gasteiger partial charge in [0, 0.05) is 53.6 Å². The zero-order valence-electron chi connectivity index (χ0n) is 16.9. The van der Waals surface area contributed by atoms with E-state index in [9.17, 15) is 0 Å². The van der Waals surface area contributed by atoms with Crippen LogP contribution in [0.3, 0.4) is 0 Å². The van der Waals surface area contributed by atoms with E-state index < -0.39 is 0 Å². The van der Waals surface area contributed by atoms with Gasteiger partial charge in [0.25, 0.3) is 0 Å².